The number of rotatable bonds is 15. The zero-order valence-electron chi connectivity index (χ0n) is 13.0. The first-order valence-electron chi connectivity index (χ1n) is 7.38. The molecule has 0 aliphatic carbocycles. The van der Waals surface area contributed by atoms with Crippen molar-refractivity contribution in [2.24, 2.45) is 16.5 Å². The quantitative estimate of drug-likeness (QED) is 0.0823. The van der Waals surface area contributed by atoms with Gasteiger partial charge in [0.05, 0.1) is 13.0 Å². The number of nitrogens with zero attached hydrogens (tertiary/aromatic N) is 2. The van der Waals surface area contributed by atoms with Crippen molar-refractivity contribution in [3.8, 4) is 0 Å². The van der Waals surface area contributed by atoms with Crippen LogP contribution >= 0.6 is 0 Å². The van der Waals surface area contributed by atoms with Gasteiger partial charge in [-0.25, -0.2) is 0 Å². The molecule has 0 spiro atoms. The Labute approximate surface area is 134 Å². The van der Waals surface area contributed by atoms with Gasteiger partial charge in [0.15, 0.2) is 6.23 Å². The van der Waals surface area contributed by atoms with Crippen molar-refractivity contribution in [1.29, 1.82) is 0 Å². The van der Waals surface area contributed by atoms with Gasteiger partial charge in [-0.2, -0.15) is 0 Å². The molecule has 0 aliphatic heterocycles. The van der Waals surface area contributed by atoms with Gasteiger partial charge < -0.3 is 15.3 Å². The van der Waals surface area contributed by atoms with Crippen LogP contribution in [0.15, 0.2) is 4.99 Å². The standard InChI is InChI=1S/C13H24N4O6/c14-12(16-7-4-6-13(15)22-10-18)9-11(19)5-2-1-3-8-23-17(20)21/h10,13H,1-9,15H2,(H2,14,16). The second-order valence-corrected chi connectivity index (χ2v) is 4.87. The lowest BCUT2D eigenvalue weighted by Crippen LogP contribution is -2.23. The predicted octanol–water partition coefficient (Wildman–Crippen LogP) is 0.309. The number of hydrogen-bond donors (Lipinski definition) is 2. The van der Waals surface area contributed by atoms with Crippen LogP contribution in [0.2, 0.25) is 0 Å². The van der Waals surface area contributed by atoms with Crippen LogP contribution < -0.4 is 11.5 Å². The Balaban J connectivity index is 3.65. The predicted molar refractivity (Wildman–Crippen MR) is 81.9 cm³/mol. The molecule has 0 fully saturated rings. The van der Waals surface area contributed by atoms with Crippen molar-refractivity contribution in [3.05, 3.63) is 10.1 Å². The van der Waals surface area contributed by atoms with Gasteiger partial charge in [-0.05, 0) is 25.7 Å². The summed E-state index contributed by atoms with van der Waals surface area (Å²) in [6.45, 7) is 0.749. The summed E-state index contributed by atoms with van der Waals surface area (Å²) in [5, 5.41) is 9.08. The summed E-state index contributed by atoms with van der Waals surface area (Å²) in [6.07, 6.45) is 2.69. The maximum atomic E-state index is 11.6. The number of ketones is 1. The van der Waals surface area contributed by atoms with Gasteiger partial charge in [0.1, 0.15) is 11.6 Å². The van der Waals surface area contributed by atoms with Crippen LogP contribution in [0.3, 0.4) is 0 Å². The van der Waals surface area contributed by atoms with Crippen LogP contribution in [0.5, 0.6) is 0 Å². The van der Waals surface area contributed by atoms with Crippen LogP contribution in [0.4, 0.5) is 0 Å². The van der Waals surface area contributed by atoms with Crippen LogP contribution in [0.1, 0.15) is 44.9 Å². The summed E-state index contributed by atoms with van der Waals surface area (Å²) in [7, 11) is 0. The van der Waals surface area contributed by atoms with E-state index in [1.165, 1.54) is 0 Å². The number of nitrogens with two attached hydrogens (primary N) is 2. The fraction of sp³-hybridized carbons (Fsp3) is 0.769. The molecule has 10 heteroatoms. The highest BCUT2D eigenvalue weighted by Crippen LogP contribution is 2.03. The summed E-state index contributed by atoms with van der Waals surface area (Å²) in [4.78, 5) is 39.8. The topological polar surface area (TPSA) is 160 Å². The third kappa shape index (κ3) is 14.5. The van der Waals surface area contributed by atoms with E-state index in [0.29, 0.717) is 51.5 Å². The molecule has 0 saturated heterocycles. The van der Waals surface area contributed by atoms with E-state index in [0.717, 1.165) is 0 Å². The molecule has 0 aliphatic rings. The Morgan fingerprint density at radius 3 is 2.70 bits per heavy atom. The number of Topliss-reactive ketones (excluding diaryl/α,β-unsaturated/α-hetero) is 1. The molecule has 1 atom stereocenters. The van der Waals surface area contributed by atoms with Crippen molar-refractivity contribution >= 4 is 18.1 Å². The molecule has 0 aromatic carbocycles. The van der Waals surface area contributed by atoms with Crippen LogP contribution in [-0.4, -0.2) is 42.6 Å². The molecular weight excluding hydrogens is 308 g/mol. The Bertz CT molecular complexity index is 402. The lowest BCUT2D eigenvalue weighted by atomic mass is 10.1. The number of amidine groups is 1. The second kappa shape index (κ2) is 13.4. The molecule has 4 N–H and O–H groups in total. The van der Waals surface area contributed by atoms with Gasteiger partial charge in [0, 0.05) is 13.0 Å². The molecule has 1 unspecified atom stereocenters. The van der Waals surface area contributed by atoms with E-state index in [1.54, 1.807) is 0 Å². The highest BCUT2D eigenvalue weighted by molar-refractivity contribution is 5.99. The minimum absolute atomic E-state index is 0.0255. The molecule has 0 radical (unpaired) electrons. The Morgan fingerprint density at radius 2 is 2.04 bits per heavy atom. The monoisotopic (exact) mass is 332 g/mol. The zero-order valence-corrected chi connectivity index (χ0v) is 13.0. The maximum Gasteiger partial charge on any atom is 0.294 e. The molecule has 0 amide bonds. The number of carbonyl (C=O) groups is 2. The number of aliphatic imine (C=N–C) groups is 1. The fourth-order valence-corrected chi connectivity index (χ4v) is 1.74. The van der Waals surface area contributed by atoms with Crippen molar-refractivity contribution in [2.45, 2.75) is 51.2 Å². The molecule has 0 aromatic rings. The Hall–Kier alpha value is -2.23. The summed E-state index contributed by atoms with van der Waals surface area (Å²) in [5.41, 5.74) is 11.1. The lowest BCUT2D eigenvalue weighted by molar-refractivity contribution is -0.757. The van der Waals surface area contributed by atoms with Gasteiger partial charge in [-0.1, -0.05) is 6.42 Å². The van der Waals surface area contributed by atoms with E-state index in [2.05, 4.69) is 14.6 Å². The van der Waals surface area contributed by atoms with E-state index >= 15 is 0 Å². The average Bonchev–Trinajstić information content (AvgIpc) is 2.47. The molecule has 132 valence electrons. The summed E-state index contributed by atoms with van der Waals surface area (Å²) in [6, 6.07) is 0. The van der Waals surface area contributed by atoms with E-state index in [1.807, 2.05) is 0 Å². The third-order valence-electron chi connectivity index (χ3n) is 2.87. The van der Waals surface area contributed by atoms with E-state index < -0.39 is 11.3 Å². The Morgan fingerprint density at radius 1 is 1.30 bits per heavy atom. The SMILES string of the molecule is NC(CC(=O)CCCCCO[N+](=O)[O-])=NCCCC(N)OC=O. The first-order valence-corrected chi connectivity index (χ1v) is 7.38. The maximum absolute atomic E-state index is 11.6. The van der Waals surface area contributed by atoms with Crippen LogP contribution in [0, 0.1) is 10.1 Å². The summed E-state index contributed by atoms with van der Waals surface area (Å²) < 4.78 is 4.52. The molecule has 0 rings (SSSR count). The summed E-state index contributed by atoms with van der Waals surface area (Å²) in [5.74, 6) is 0.235. The fourth-order valence-electron chi connectivity index (χ4n) is 1.74. The van der Waals surface area contributed by atoms with E-state index in [9.17, 15) is 19.7 Å². The van der Waals surface area contributed by atoms with Crippen molar-refractivity contribution in [2.75, 3.05) is 13.2 Å². The lowest BCUT2D eigenvalue weighted by Gasteiger charge is -2.07. The first kappa shape index (κ1) is 20.8. The minimum atomic E-state index is -0.833. The Kier molecular flexibility index (Phi) is 12.1. The molecule has 0 aromatic heterocycles. The smallest absolute Gasteiger partial charge is 0.294 e. The van der Waals surface area contributed by atoms with Gasteiger partial charge in [-0.15, -0.1) is 10.1 Å². The highest BCUT2D eigenvalue weighted by Gasteiger charge is 2.05. The van der Waals surface area contributed by atoms with Gasteiger partial charge in [-0.3, -0.25) is 20.3 Å². The normalized spacial score (nSPS) is 12.5. The molecule has 0 heterocycles. The number of carbonyl (C=O) groups excluding carboxylic acids is 2. The first-order chi connectivity index (χ1) is 11.0. The molecule has 0 saturated carbocycles. The van der Waals surface area contributed by atoms with Crippen molar-refractivity contribution in [3.63, 3.8) is 0 Å². The van der Waals surface area contributed by atoms with Gasteiger partial charge in [0.25, 0.3) is 11.6 Å². The van der Waals surface area contributed by atoms with Crippen LogP contribution in [-0.2, 0) is 19.2 Å². The van der Waals surface area contributed by atoms with Gasteiger partial charge in [0.2, 0.25) is 0 Å². The third-order valence-corrected chi connectivity index (χ3v) is 2.87. The molecular formula is C13H24N4O6. The largest absolute Gasteiger partial charge is 0.449 e. The molecule has 23 heavy (non-hydrogen) atoms. The number of ether oxygens (including phenoxy) is 1. The van der Waals surface area contributed by atoms with E-state index in [-0.39, 0.29) is 24.6 Å². The van der Waals surface area contributed by atoms with Crippen molar-refractivity contribution in [1.82, 2.24) is 0 Å². The minimum Gasteiger partial charge on any atom is -0.449 e. The van der Waals surface area contributed by atoms with Crippen molar-refractivity contribution < 1.29 is 24.3 Å². The molecule has 10 nitrogen and oxygen atoms in total. The van der Waals surface area contributed by atoms with E-state index in [4.69, 9.17) is 11.5 Å². The second-order valence-electron chi connectivity index (χ2n) is 4.87. The average molecular weight is 332 g/mol. The van der Waals surface area contributed by atoms with Crippen LogP contribution in [0.25, 0.3) is 0 Å². The number of unbranched alkanes of at least 4 members (excludes halogenated alkanes) is 2. The van der Waals surface area contributed by atoms with Gasteiger partial charge >= 0.3 is 0 Å². The number of hydrogen-bond acceptors (Lipinski definition) is 8. The zero-order chi connectivity index (χ0) is 17.5. The highest BCUT2D eigenvalue weighted by atomic mass is 16.9. The molecule has 0 bridgehead atoms. The summed E-state index contributed by atoms with van der Waals surface area (Å²) >= 11 is 0.